The first-order chi connectivity index (χ1) is 8.69. The first-order valence-corrected chi connectivity index (χ1v) is 6.72. The van der Waals surface area contributed by atoms with Crippen LogP contribution in [0.4, 0.5) is 0 Å². The van der Waals surface area contributed by atoms with Crippen molar-refractivity contribution in [2.24, 2.45) is 0 Å². The van der Waals surface area contributed by atoms with Crippen molar-refractivity contribution in [3.8, 4) is 0 Å². The van der Waals surface area contributed by atoms with Crippen LogP contribution in [0.2, 0.25) is 0 Å². The summed E-state index contributed by atoms with van der Waals surface area (Å²) in [6.07, 6.45) is 1.60. The number of methoxy groups -OCH3 is 1. The first kappa shape index (κ1) is 15.0. The molecule has 1 amide bonds. The van der Waals surface area contributed by atoms with Gasteiger partial charge in [0.15, 0.2) is 0 Å². The monoisotopic (exact) mass is 273 g/mol. The Morgan fingerprint density at radius 2 is 2.39 bits per heavy atom. The highest BCUT2D eigenvalue weighted by molar-refractivity contribution is 7.08. The predicted molar refractivity (Wildman–Crippen MR) is 68.7 cm³/mol. The summed E-state index contributed by atoms with van der Waals surface area (Å²) in [4.78, 5) is 12.4. The van der Waals surface area contributed by atoms with Crippen molar-refractivity contribution in [3.63, 3.8) is 0 Å². The highest BCUT2D eigenvalue weighted by Gasteiger charge is 2.15. The van der Waals surface area contributed by atoms with Crippen LogP contribution in [0.15, 0.2) is 0 Å². The largest absolute Gasteiger partial charge is 0.391 e. The molecule has 6 nitrogen and oxygen atoms in total. The van der Waals surface area contributed by atoms with Crippen molar-refractivity contribution in [2.45, 2.75) is 32.3 Å². The minimum absolute atomic E-state index is 0.168. The van der Waals surface area contributed by atoms with Crippen LogP contribution in [-0.2, 0) is 11.2 Å². The molecule has 1 unspecified atom stereocenters. The molecule has 0 aliphatic heterocycles. The van der Waals surface area contributed by atoms with Gasteiger partial charge in [-0.2, -0.15) is 0 Å². The van der Waals surface area contributed by atoms with Gasteiger partial charge in [-0.1, -0.05) is 17.8 Å². The Morgan fingerprint density at radius 3 is 3.06 bits per heavy atom. The molecule has 1 aromatic rings. The lowest BCUT2D eigenvalue weighted by Crippen LogP contribution is -2.28. The van der Waals surface area contributed by atoms with E-state index in [1.807, 2.05) is 6.92 Å². The van der Waals surface area contributed by atoms with Crippen molar-refractivity contribution < 1.29 is 14.6 Å². The topological polar surface area (TPSA) is 84.3 Å². The molecule has 0 fully saturated rings. The molecule has 0 saturated carbocycles. The van der Waals surface area contributed by atoms with Crippen molar-refractivity contribution in [1.82, 2.24) is 14.9 Å². The number of hydrogen-bond donors (Lipinski definition) is 2. The Hall–Kier alpha value is -1.05. The van der Waals surface area contributed by atoms with Gasteiger partial charge in [-0.3, -0.25) is 4.79 Å². The van der Waals surface area contributed by atoms with Crippen LogP contribution in [0.1, 0.15) is 35.1 Å². The third kappa shape index (κ3) is 4.67. The molecule has 1 heterocycles. The number of aliphatic hydroxyl groups excluding tert-OH is 1. The summed E-state index contributed by atoms with van der Waals surface area (Å²) in [7, 11) is 1.53. The number of hydrogen-bond acceptors (Lipinski definition) is 6. The SMILES string of the molecule is CCCc1nnsc1C(=O)NCCC(O)COC. The lowest BCUT2D eigenvalue weighted by Gasteiger charge is -2.09. The second-order valence-electron chi connectivity index (χ2n) is 3.95. The third-order valence-electron chi connectivity index (χ3n) is 2.37. The van der Waals surface area contributed by atoms with Crippen LogP contribution < -0.4 is 5.32 Å². The molecule has 0 aromatic carbocycles. The Labute approximate surface area is 111 Å². The maximum Gasteiger partial charge on any atom is 0.264 e. The molecular weight excluding hydrogens is 254 g/mol. The molecule has 0 saturated heterocycles. The highest BCUT2D eigenvalue weighted by Crippen LogP contribution is 2.12. The zero-order valence-corrected chi connectivity index (χ0v) is 11.5. The number of carbonyl (C=O) groups excluding carboxylic acids is 1. The van der Waals surface area contributed by atoms with E-state index in [4.69, 9.17) is 4.74 Å². The summed E-state index contributed by atoms with van der Waals surface area (Å²) in [6.45, 7) is 2.72. The summed E-state index contributed by atoms with van der Waals surface area (Å²) < 4.78 is 8.60. The summed E-state index contributed by atoms with van der Waals surface area (Å²) in [5.41, 5.74) is 0.748. The Balaban J connectivity index is 2.38. The number of aliphatic hydroxyl groups is 1. The van der Waals surface area contributed by atoms with Gasteiger partial charge in [-0.15, -0.1) is 5.10 Å². The summed E-state index contributed by atoms with van der Waals surface area (Å²) in [5.74, 6) is -0.168. The maximum atomic E-state index is 11.8. The zero-order valence-electron chi connectivity index (χ0n) is 10.7. The van der Waals surface area contributed by atoms with Crippen LogP contribution in [-0.4, -0.2) is 47.0 Å². The Morgan fingerprint density at radius 1 is 1.61 bits per heavy atom. The summed E-state index contributed by atoms with van der Waals surface area (Å²) >= 11 is 1.11. The Bertz CT molecular complexity index is 370. The molecule has 0 spiro atoms. The maximum absolute atomic E-state index is 11.8. The number of nitrogens with zero attached hydrogens (tertiary/aromatic N) is 2. The van der Waals surface area contributed by atoms with Gasteiger partial charge in [0.25, 0.3) is 5.91 Å². The van der Waals surface area contributed by atoms with Gasteiger partial charge >= 0.3 is 0 Å². The normalized spacial score (nSPS) is 12.4. The van der Waals surface area contributed by atoms with Crippen LogP contribution in [0.3, 0.4) is 0 Å². The number of carbonyl (C=O) groups is 1. The van der Waals surface area contributed by atoms with Gasteiger partial charge < -0.3 is 15.2 Å². The van der Waals surface area contributed by atoms with Gasteiger partial charge in [-0.25, -0.2) is 0 Å². The average Bonchev–Trinajstić information content (AvgIpc) is 2.78. The molecule has 1 rings (SSSR count). The number of ether oxygens (including phenoxy) is 1. The molecule has 0 radical (unpaired) electrons. The molecule has 7 heteroatoms. The van der Waals surface area contributed by atoms with Crippen LogP contribution in [0.5, 0.6) is 0 Å². The van der Waals surface area contributed by atoms with Gasteiger partial charge in [0, 0.05) is 13.7 Å². The molecular formula is C11H19N3O3S. The molecule has 0 bridgehead atoms. The van der Waals surface area contributed by atoms with E-state index in [2.05, 4.69) is 14.9 Å². The van der Waals surface area contributed by atoms with E-state index in [1.165, 1.54) is 7.11 Å². The molecule has 102 valence electrons. The van der Waals surface area contributed by atoms with E-state index in [1.54, 1.807) is 0 Å². The fourth-order valence-corrected chi connectivity index (χ4v) is 2.11. The number of aryl methyl sites for hydroxylation is 1. The number of amides is 1. The van der Waals surface area contributed by atoms with Crippen LogP contribution >= 0.6 is 11.5 Å². The van der Waals surface area contributed by atoms with E-state index in [0.29, 0.717) is 17.8 Å². The molecule has 1 atom stereocenters. The average molecular weight is 273 g/mol. The fourth-order valence-electron chi connectivity index (χ4n) is 1.49. The lowest BCUT2D eigenvalue weighted by molar-refractivity contribution is 0.0588. The number of rotatable bonds is 8. The van der Waals surface area contributed by atoms with Gasteiger partial charge in [0.1, 0.15) is 4.88 Å². The quantitative estimate of drug-likeness (QED) is 0.725. The van der Waals surface area contributed by atoms with E-state index in [9.17, 15) is 9.90 Å². The van der Waals surface area contributed by atoms with Crippen molar-refractivity contribution in [3.05, 3.63) is 10.6 Å². The van der Waals surface area contributed by atoms with Gasteiger partial charge in [0.2, 0.25) is 0 Å². The van der Waals surface area contributed by atoms with E-state index < -0.39 is 6.10 Å². The molecule has 1 aromatic heterocycles. The highest BCUT2D eigenvalue weighted by atomic mass is 32.1. The van der Waals surface area contributed by atoms with Gasteiger partial charge in [0.05, 0.1) is 18.4 Å². The minimum atomic E-state index is -0.551. The summed E-state index contributed by atoms with van der Waals surface area (Å²) in [5, 5.41) is 16.1. The van der Waals surface area contributed by atoms with Crippen LogP contribution in [0.25, 0.3) is 0 Å². The molecule has 0 aliphatic rings. The molecule has 2 N–H and O–H groups in total. The standard InChI is InChI=1S/C11H19N3O3S/c1-3-4-9-10(18-14-13-9)11(16)12-6-5-8(15)7-17-2/h8,15H,3-7H2,1-2H3,(H,12,16). The second-order valence-corrected chi connectivity index (χ2v) is 4.71. The smallest absolute Gasteiger partial charge is 0.264 e. The molecule has 18 heavy (non-hydrogen) atoms. The van der Waals surface area contributed by atoms with Crippen molar-refractivity contribution >= 4 is 17.4 Å². The van der Waals surface area contributed by atoms with Crippen molar-refractivity contribution in [1.29, 1.82) is 0 Å². The lowest BCUT2D eigenvalue weighted by atomic mass is 10.2. The zero-order chi connectivity index (χ0) is 13.4. The predicted octanol–water partition coefficient (Wildman–Crippen LogP) is 0.618. The van der Waals surface area contributed by atoms with E-state index >= 15 is 0 Å². The summed E-state index contributed by atoms with van der Waals surface area (Å²) in [6, 6.07) is 0. The van der Waals surface area contributed by atoms with Crippen molar-refractivity contribution in [2.75, 3.05) is 20.3 Å². The van der Waals surface area contributed by atoms with E-state index in [-0.39, 0.29) is 12.5 Å². The van der Waals surface area contributed by atoms with E-state index in [0.717, 1.165) is 30.1 Å². The van der Waals surface area contributed by atoms with Crippen LogP contribution in [0, 0.1) is 0 Å². The van der Waals surface area contributed by atoms with Gasteiger partial charge in [-0.05, 0) is 24.4 Å². The number of nitrogens with one attached hydrogen (secondary N) is 1. The molecule has 0 aliphatic carbocycles. The second kappa shape index (κ2) is 8.12. The fraction of sp³-hybridized carbons (Fsp3) is 0.727. The third-order valence-corrected chi connectivity index (χ3v) is 3.14. The first-order valence-electron chi connectivity index (χ1n) is 5.95. The number of aromatic nitrogens is 2. The Kier molecular flexibility index (Phi) is 6.77. The minimum Gasteiger partial charge on any atom is -0.391 e.